The van der Waals surface area contributed by atoms with Crippen LogP contribution >= 0.6 is 0 Å². The van der Waals surface area contributed by atoms with Crippen LogP contribution in [0.15, 0.2) is 53.6 Å². The zero-order valence-corrected chi connectivity index (χ0v) is 18.1. The zero-order chi connectivity index (χ0) is 22.8. The SMILES string of the molecule is CCn1cc(C(=O)NC(Cc2c[nH]c3ccccc23)C(=O)OC)c(=O)c2ccc(C)nc21. The zero-order valence-electron chi connectivity index (χ0n) is 18.1. The quantitative estimate of drug-likeness (QED) is 0.456. The molecule has 4 rings (SSSR count). The molecule has 0 bridgehead atoms. The van der Waals surface area contributed by atoms with Gasteiger partial charge in [0.2, 0.25) is 5.43 Å². The van der Waals surface area contributed by atoms with Crippen LogP contribution in [0.4, 0.5) is 0 Å². The first-order valence-electron chi connectivity index (χ1n) is 10.4. The number of carbonyl (C=O) groups is 2. The molecule has 3 aromatic heterocycles. The van der Waals surface area contributed by atoms with E-state index < -0.39 is 23.3 Å². The third-order valence-corrected chi connectivity index (χ3v) is 5.54. The summed E-state index contributed by atoms with van der Waals surface area (Å²) >= 11 is 0. The molecular weight excluding hydrogens is 408 g/mol. The number of pyridine rings is 2. The van der Waals surface area contributed by atoms with Crippen LogP contribution in [0.3, 0.4) is 0 Å². The smallest absolute Gasteiger partial charge is 0.328 e. The van der Waals surface area contributed by atoms with Crippen molar-refractivity contribution in [2.75, 3.05) is 7.11 Å². The van der Waals surface area contributed by atoms with Crippen molar-refractivity contribution in [1.82, 2.24) is 19.9 Å². The van der Waals surface area contributed by atoms with Crippen molar-refractivity contribution in [1.29, 1.82) is 0 Å². The Kier molecular flexibility index (Phi) is 5.77. The molecule has 0 saturated heterocycles. The highest BCUT2D eigenvalue weighted by Gasteiger charge is 2.26. The molecule has 0 radical (unpaired) electrons. The Hall–Kier alpha value is -3.94. The Morgan fingerprint density at radius 3 is 2.72 bits per heavy atom. The number of fused-ring (bicyclic) bond motifs is 2. The molecule has 0 aliphatic carbocycles. The average Bonchev–Trinajstić information content (AvgIpc) is 3.21. The lowest BCUT2D eigenvalue weighted by Crippen LogP contribution is -2.44. The van der Waals surface area contributed by atoms with Crippen LogP contribution in [0.2, 0.25) is 0 Å². The van der Waals surface area contributed by atoms with Gasteiger partial charge in [-0.2, -0.15) is 0 Å². The number of nitrogens with one attached hydrogen (secondary N) is 2. The molecule has 164 valence electrons. The molecule has 1 atom stereocenters. The molecule has 4 aromatic rings. The fraction of sp³-hybridized carbons (Fsp3) is 0.250. The summed E-state index contributed by atoms with van der Waals surface area (Å²) in [6.45, 7) is 4.28. The molecule has 1 aromatic carbocycles. The number of amides is 1. The molecule has 8 heteroatoms. The van der Waals surface area contributed by atoms with Gasteiger partial charge in [0, 0.05) is 42.0 Å². The molecule has 3 heterocycles. The van der Waals surface area contributed by atoms with E-state index in [0.717, 1.165) is 22.2 Å². The summed E-state index contributed by atoms with van der Waals surface area (Å²) in [6, 6.07) is 10.2. The van der Waals surface area contributed by atoms with Gasteiger partial charge in [-0.25, -0.2) is 9.78 Å². The molecule has 1 amide bonds. The van der Waals surface area contributed by atoms with Crippen LogP contribution in [-0.2, 0) is 22.5 Å². The lowest BCUT2D eigenvalue weighted by Gasteiger charge is -2.17. The minimum atomic E-state index is -0.951. The molecule has 32 heavy (non-hydrogen) atoms. The molecule has 0 fully saturated rings. The highest BCUT2D eigenvalue weighted by atomic mass is 16.5. The van der Waals surface area contributed by atoms with Gasteiger partial charge in [0.1, 0.15) is 17.3 Å². The van der Waals surface area contributed by atoms with E-state index in [2.05, 4.69) is 15.3 Å². The summed E-state index contributed by atoms with van der Waals surface area (Å²) in [5.41, 5.74) is 2.63. The molecule has 8 nitrogen and oxygen atoms in total. The number of hydrogen-bond donors (Lipinski definition) is 2. The number of aryl methyl sites for hydroxylation is 2. The molecule has 1 unspecified atom stereocenters. The summed E-state index contributed by atoms with van der Waals surface area (Å²) in [5, 5.41) is 4.01. The fourth-order valence-electron chi connectivity index (χ4n) is 3.85. The lowest BCUT2D eigenvalue weighted by atomic mass is 10.0. The lowest BCUT2D eigenvalue weighted by molar-refractivity contribution is -0.142. The number of nitrogens with zero attached hydrogens (tertiary/aromatic N) is 2. The Labute approximate surface area is 184 Å². The van der Waals surface area contributed by atoms with E-state index >= 15 is 0 Å². The van der Waals surface area contributed by atoms with Crippen LogP contribution in [-0.4, -0.2) is 39.6 Å². The van der Waals surface area contributed by atoms with Crippen LogP contribution in [0.1, 0.15) is 28.5 Å². The van der Waals surface area contributed by atoms with Gasteiger partial charge in [-0.15, -0.1) is 0 Å². The van der Waals surface area contributed by atoms with Crippen molar-refractivity contribution < 1.29 is 14.3 Å². The number of benzene rings is 1. The van der Waals surface area contributed by atoms with Gasteiger partial charge in [0.05, 0.1) is 12.5 Å². The molecule has 0 aliphatic rings. The summed E-state index contributed by atoms with van der Waals surface area (Å²) in [7, 11) is 1.27. The second kappa shape index (κ2) is 8.66. The Bertz CT molecular complexity index is 1390. The van der Waals surface area contributed by atoms with Crippen molar-refractivity contribution in [3.63, 3.8) is 0 Å². The number of aromatic amines is 1. The van der Waals surface area contributed by atoms with E-state index in [1.165, 1.54) is 13.3 Å². The molecular formula is C24H24N4O4. The number of rotatable bonds is 6. The van der Waals surface area contributed by atoms with Crippen LogP contribution in [0, 0.1) is 6.92 Å². The summed E-state index contributed by atoms with van der Waals surface area (Å²) in [5.74, 6) is -1.22. The third kappa shape index (κ3) is 3.87. The molecule has 0 saturated carbocycles. The second-order valence-electron chi connectivity index (χ2n) is 7.59. The average molecular weight is 432 g/mol. The summed E-state index contributed by atoms with van der Waals surface area (Å²) in [6.07, 6.45) is 3.52. The largest absolute Gasteiger partial charge is 0.467 e. The highest BCUT2D eigenvalue weighted by Crippen LogP contribution is 2.19. The Morgan fingerprint density at radius 2 is 1.97 bits per heavy atom. The van der Waals surface area contributed by atoms with Crippen LogP contribution in [0.5, 0.6) is 0 Å². The van der Waals surface area contributed by atoms with Crippen molar-refractivity contribution in [2.24, 2.45) is 0 Å². The molecule has 0 aliphatic heterocycles. The minimum Gasteiger partial charge on any atom is -0.467 e. The maximum Gasteiger partial charge on any atom is 0.328 e. The van der Waals surface area contributed by atoms with Crippen molar-refractivity contribution >= 4 is 33.8 Å². The number of esters is 1. The first-order valence-corrected chi connectivity index (χ1v) is 10.4. The standard InChI is InChI=1S/C24H24N4O4/c1-4-28-13-18(21(29)17-10-9-14(2)26-22(17)28)23(30)27-20(24(31)32-3)11-15-12-25-19-8-6-5-7-16(15)19/h5-10,12-13,20,25H,4,11H2,1-3H3,(H,27,30). The van der Waals surface area contributed by atoms with Crippen LogP contribution in [0.25, 0.3) is 21.9 Å². The van der Waals surface area contributed by atoms with Gasteiger partial charge in [-0.3, -0.25) is 9.59 Å². The van der Waals surface area contributed by atoms with Gasteiger partial charge in [0.25, 0.3) is 5.91 Å². The van der Waals surface area contributed by atoms with Gasteiger partial charge in [-0.05, 0) is 37.6 Å². The van der Waals surface area contributed by atoms with Gasteiger partial charge >= 0.3 is 5.97 Å². The second-order valence-corrected chi connectivity index (χ2v) is 7.59. The van der Waals surface area contributed by atoms with Crippen molar-refractivity contribution in [3.8, 4) is 0 Å². The Morgan fingerprint density at radius 1 is 1.19 bits per heavy atom. The number of ether oxygens (including phenoxy) is 1. The number of carbonyl (C=O) groups excluding carboxylic acids is 2. The van der Waals surface area contributed by atoms with Gasteiger partial charge in [0.15, 0.2) is 0 Å². The third-order valence-electron chi connectivity index (χ3n) is 5.54. The topological polar surface area (TPSA) is 106 Å². The van der Waals surface area contributed by atoms with Gasteiger partial charge < -0.3 is 19.6 Å². The predicted octanol–water partition coefficient (Wildman–Crippen LogP) is 2.72. The van der Waals surface area contributed by atoms with E-state index in [0.29, 0.717) is 17.6 Å². The monoisotopic (exact) mass is 432 g/mol. The van der Waals surface area contributed by atoms with Crippen molar-refractivity contribution in [3.05, 3.63) is 75.8 Å². The van der Waals surface area contributed by atoms with E-state index in [1.807, 2.05) is 38.1 Å². The molecule has 0 spiro atoms. The maximum atomic E-state index is 13.1. The van der Waals surface area contributed by atoms with Gasteiger partial charge in [-0.1, -0.05) is 18.2 Å². The fourth-order valence-corrected chi connectivity index (χ4v) is 3.85. The summed E-state index contributed by atoms with van der Waals surface area (Å²) < 4.78 is 6.67. The van der Waals surface area contributed by atoms with E-state index in [1.54, 1.807) is 22.9 Å². The maximum absolute atomic E-state index is 13.1. The van der Waals surface area contributed by atoms with Crippen LogP contribution < -0.4 is 10.7 Å². The van der Waals surface area contributed by atoms with E-state index in [-0.39, 0.29) is 12.0 Å². The first kappa shape index (κ1) is 21.3. The van der Waals surface area contributed by atoms with E-state index in [9.17, 15) is 14.4 Å². The number of hydrogen-bond acceptors (Lipinski definition) is 5. The summed E-state index contributed by atoms with van der Waals surface area (Å²) in [4.78, 5) is 46.2. The number of aromatic nitrogens is 3. The number of H-pyrrole nitrogens is 1. The predicted molar refractivity (Wildman–Crippen MR) is 122 cm³/mol. The number of para-hydroxylation sites is 1. The minimum absolute atomic E-state index is 0.0437. The normalized spacial score (nSPS) is 12.1. The number of methoxy groups -OCH3 is 1. The highest BCUT2D eigenvalue weighted by molar-refractivity contribution is 5.99. The van der Waals surface area contributed by atoms with Crippen molar-refractivity contribution in [2.45, 2.75) is 32.9 Å². The molecule has 2 N–H and O–H groups in total. The Balaban J connectivity index is 1.69. The van der Waals surface area contributed by atoms with E-state index in [4.69, 9.17) is 4.74 Å². The first-order chi connectivity index (χ1) is 15.4.